The minimum atomic E-state index is -3.45. The summed E-state index contributed by atoms with van der Waals surface area (Å²) in [6, 6.07) is 4.89. The Kier molecular flexibility index (Phi) is 3.80. The molecule has 2 aromatic rings. The van der Waals surface area contributed by atoms with Gasteiger partial charge < -0.3 is 10.2 Å². The molecule has 0 atom stereocenters. The van der Waals surface area contributed by atoms with Gasteiger partial charge in [0.1, 0.15) is 5.52 Å². The largest absolute Gasteiger partial charge is 0.428 e. The van der Waals surface area contributed by atoms with Crippen LogP contribution in [0.4, 0.5) is 5.69 Å². The van der Waals surface area contributed by atoms with Gasteiger partial charge in [-0.2, -0.15) is 4.98 Å². The first-order valence-corrected chi connectivity index (χ1v) is 7.92. The molecule has 104 valence electrons. The number of hydrogen-bond donors (Lipinski definition) is 1. The SMILES string of the molecule is CC(C)CCCS(=O)(=O)c1nc2cc(N)ccc2o1. The smallest absolute Gasteiger partial charge is 0.316 e. The van der Waals surface area contributed by atoms with E-state index in [0.717, 1.165) is 6.42 Å². The molecule has 1 heterocycles. The lowest BCUT2D eigenvalue weighted by Gasteiger charge is -2.03. The molecular weight excluding hydrogens is 264 g/mol. The van der Waals surface area contributed by atoms with Gasteiger partial charge in [-0.3, -0.25) is 0 Å². The lowest BCUT2D eigenvalue weighted by Crippen LogP contribution is -2.08. The molecule has 0 aliphatic heterocycles. The third-order valence-corrected chi connectivity index (χ3v) is 4.39. The van der Waals surface area contributed by atoms with Crippen molar-refractivity contribution in [1.29, 1.82) is 0 Å². The Balaban J connectivity index is 2.23. The second-order valence-corrected chi connectivity index (χ2v) is 7.05. The normalized spacial score (nSPS) is 12.4. The number of rotatable bonds is 5. The maximum Gasteiger partial charge on any atom is 0.316 e. The molecule has 0 unspecified atom stereocenters. The number of anilines is 1. The first kappa shape index (κ1) is 13.9. The maximum absolute atomic E-state index is 12.1. The van der Waals surface area contributed by atoms with Crippen LogP contribution in [0.5, 0.6) is 0 Å². The van der Waals surface area contributed by atoms with E-state index in [1.807, 2.05) is 0 Å². The van der Waals surface area contributed by atoms with Gasteiger partial charge in [-0.15, -0.1) is 0 Å². The molecule has 0 saturated heterocycles. The van der Waals surface area contributed by atoms with Crippen molar-refractivity contribution in [3.05, 3.63) is 18.2 Å². The van der Waals surface area contributed by atoms with Crippen LogP contribution in [-0.2, 0) is 9.84 Å². The van der Waals surface area contributed by atoms with Gasteiger partial charge in [0.05, 0.1) is 5.75 Å². The van der Waals surface area contributed by atoms with Crippen LogP contribution in [0.1, 0.15) is 26.7 Å². The Morgan fingerprint density at radius 2 is 2.11 bits per heavy atom. The summed E-state index contributed by atoms with van der Waals surface area (Å²) in [4.78, 5) is 4.01. The van der Waals surface area contributed by atoms with Crippen LogP contribution in [0.15, 0.2) is 27.8 Å². The quantitative estimate of drug-likeness (QED) is 0.852. The summed E-state index contributed by atoms with van der Waals surface area (Å²) in [6.07, 6.45) is 1.48. The van der Waals surface area contributed by atoms with Gasteiger partial charge in [-0.25, -0.2) is 8.42 Å². The van der Waals surface area contributed by atoms with E-state index < -0.39 is 9.84 Å². The van der Waals surface area contributed by atoms with E-state index in [0.29, 0.717) is 29.1 Å². The van der Waals surface area contributed by atoms with Crippen molar-refractivity contribution >= 4 is 26.6 Å². The van der Waals surface area contributed by atoms with Gasteiger partial charge >= 0.3 is 5.22 Å². The zero-order valence-electron chi connectivity index (χ0n) is 11.1. The molecule has 19 heavy (non-hydrogen) atoms. The van der Waals surface area contributed by atoms with E-state index in [1.54, 1.807) is 18.2 Å². The van der Waals surface area contributed by atoms with Crippen LogP contribution < -0.4 is 5.73 Å². The lowest BCUT2D eigenvalue weighted by atomic mass is 10.1. The molecule has 0 aliphatic rings. The highest BCUT2D eigenvalue weighted by Crippen LogP contribution is 2.22. The van der Waals surface area contributed by atoms with E-state index in [2.05, 4.69) is 18.8 Å². The average Bonchev–Trinajstić information content (AvgIpc) is 2.71. The minimum Gasteiger partial charge on any atom is -0.428 e. The molecule has 1 aromatic carbocycles. The van der Waals surface area contributed by atoms with E-state index in [4.69, 9.17) is 10.2 Å². The van der Waals surface area contributed by atoms with Crippen molar-refractivity contribution in [2.75, 3.05) is 11.5 Å². The number of sulfone groups is 1. The van der Waals surface area contributed by atoms with Crippen molar-refractivity contribution < 1.29 is 12.8 Å². The predicted molar refractivity (Wildman–Crippen MR) is 74.5 cm³/mol. The Morgan fingerprint density at radius 3 is 2.79 bits per heavy atom. The summed E-state index contributed by atoms with van der Waals surface area (Å²) in [6.45, 7) is 4.13. The molecule has 0 amide bonds. The summed E-state index contributed by atoms with van der Waals surface area (Å²) >= 11 is 0. The molecule has 0 bridgehead atoms. The average molecular weight is 282 g/mol. The van der Waals surface area contributed by atoms with Crippen LogP contribution >= 0.6 is 0 Å². The molecule has 0 radical (unpaired) electrons. The summed E-state index contributed by atoms with van der Waals surface area (Å²) in [5, 5.41) is -0.211. The number of nitrogens with two attached hydrogens (primary N) is 1. The third kappa shape index (κ3) is 3.26. The Hall–Kier alpha value is -1.56. The first-order valence-electron chi connectivity index (χ1n) is 6.27. The predicted octanol–water partition coefficient (Wildman–Crippen LogP) is 2.62. The highest BCUT2D eigenvalue weighted by atomic mass is 32.2. The van der Waals surface area contributed by atoms with Crippen molar-refractivity contribution in [1.82, 2.24) is 4.98 Å². The van der Waals surface area contributed by atoms with Crippen molar-refractivity contribution in [2.24, 2.45) is 5.92 Å². The topological polar surface area (TPSA) is 86.2 Å². The highest BCUT2D eigenvalue weighted by Gasteiger charge is 2.21. The van der Waals surface area contributed by atoms with Gasteiger partial charge in [0.2, 0.25) is 9.84 Å². The van der Waals surface area contributed by atoms with E-state index in [9.17, 15) is 8.42 Å². The third-order valence-electron chi connectivity index (χ3n) is 2.85. The first-order chi connectivity index (χ1) is 8.88. The zero-order valence-corrected chi connectivity index (χ0v) is 11.9. The Bertz CT molecular complexity index is 674. The standard InChI is InChI=1S/C13H18N2O3S/c1-9(2)4-3-7-19(16,17)13-15-11-8-10(14)5-6-12(11)18-13/h5-6,8-9H,3-4,7,14H2,1-2H3. The van der Waals surface area contributed by atoms with Crippen LogP contribution in [-0.4, -0.2) is 19.2 Å². The summed E-state index contributed by atoms with van der Waals surface area (Å²) in [5.74, 6) is 0.548. The Morgan fingerprint density at radius 1 is 1.37 bits per heavy atom. The second-order valence-electron chi connectivity index (χ2n) is 5.06. The van der Waals surface area contributed by atoms with E-state index >= 15 is 0 Å². The molecule has 0 fully saturated rings. The van der Waals surface area contributed by atoms with Crippen LogP contribution in [0.25, 0.3) is 11.1 Å². The van der Waals surface area contributed by atoms with Crippen molar-refractivity contribution in [3.63, 3.8) is 0 Å². The van der Waals surface area contributed by atoms with Crippen LogP contribution in [0.2, 0.25) is 0 Å². The number of nitrogens with zero attached hydrogens (tertiary/aromatic N) is 1. The van der Waals surface area contributed by atoms with Gasteiger partial charge in [-0.05, 0) is 37.0 Å². The summed E-state index contributed by atoms with van der Waals surface area (Å²) in [5.41, 5.74) is 7.07. The van der Waals surface area contributed by atoms with Gasteiger partial charge in [0, 0.05) is 5.69 Å². The maximum atomic E-state index is 12.1. The fraction of sp³-hybridized carbons (Fsp3) is 0.462. The number of oxazole rings is 1. The van der Waals surface area contributed by atoms with Crippen LogP contribution in [0, 0.1) is 5.92 Å². The fourth-order valence-corrected chi connectivity index (χ4v) is 3.00. The van der Waals surface area contributed by atoms with Crippen molar-refractivity contribution in [3.8, 4) is 0 Å². The molecule has 0 aliphatic carbocycles. The van der Waals surface area contributed by atoms with Crippen LogP contribution in [0.3, 0.4) is 0 Å². The fourth-order valence-electron chi connectivity index (χ4n) is 1.83. The lowest BCUT2D eigenvalue weighted by molar-refractivity contribution is 0.456. The van der Waals surface area contributed by atoms with Gasteiger partial charge in [-0.1, -0.05) is 13.8 Å². The molecule has 5 nitrogen and oxygen atoms in total. The summed E-state index contributed by atoms with van der Waals surface area (Å²) < 4.78 is 29.5. The molecule has 2 N–H and O–H groups in total. The van der Waals surface area contributed by atoms with Gasteiger partial charge in [0.15, 0.2) is 5.58 Å². The Labute approximate surface area is 112 Å². The number of aromatic nitrogens is 1. The second kappa shape index (κ2) is 5.21. The highest BCUT2D eigenvalue weighted by molar-refractivity contribution is 7.91. The molecular formula is C13H18N2O3S. The molecule has 2 rings (SSSR count). The van der Waals surface area contributed by atoms with Gasteiger partial charge in [0.25, 0.3) is 0 Å². The van der Waals surface area contributed by atoms with Crippen molar-refractivity contribution in [2.45, 2.75) is 31.9 Å². The number of fused-ring (bicyclic) bond motifs is 1. The molecule has 0 spiro atoms. The monoisotopic (exact) mass is 282 g/mol. The minimum absolute atomic E-state index is 0.0630. The number of hydrogen-bond acceptors (Lipinski definition) is 5. The molecule has 6 heteroatoms. The summed E-state index contributed by atoms with van der Waals surface area (Å²) in [7, 11) is -3.45. The number of benzene rings is 1. The zero-order chi connectivity index (χ0) is 14.0. The number of nitrogen functional groups attached to an aromatic ring is 1. The van der Waals surface area contributed by atoms with E-state index in [1.165, 1.54) is 0 Å². The molecule has 0 saturated carbocycles. The van der Waals surface area contributed by atoms with E-state index in [-0.39, 0.29) is 11.0 Å². The molecule has 1 aromatic heterocycles.